The number of nitro benzene ring substituents is 1. The van der Waals surface area contributed by atoms with Crippen LogP contribution in [0.4, 0.5) is 10.8 Å². The van der Waals surface area contributed by atoms with E-state index in [1.54, 1.807) is 24.4 Å². The molecule has 0 saturated carbocycles. The van der Waals surface area contributed by atoms with Gasteiger partial charge in [0.2, 0.25) is 0 Å². The third-order valence-corrected chi connectivity index (χ3v) is 5.54. The summed E-state index contributed by atoms with van der Waals surface area (Å²) in [7, 11) is 0. The number of non-ortho nitro benzene ring substituents is 1. The van der Waals surface area contributed by atoms with Crippen LogP contribution < -0.4 is 9.64 Å². The average molecular weight is 434 g/mol. The number of pyridine rings is 1. The molecule has 0 unspecified atom stereocenters. The number of aromatic nitrogens is 2. The molecule has 0 bridgehead atoms. The maximum Gasteiger partial charge on any atom is 0.270 e. The Hall–Kier alpha value is -3.85. The molecule has 4 aromatic rings. The first-order valence-electron chi connectivity index (χ1n) is 9.44. The monoisotopic (exact) mass is 434 g/mol. The van der Waals surface area contributed by atoms with Crippen LogP contribution in [0.3, 0.4) is 0 Å². The second-order valence-electron chi connectivity index (χ2n) is 6.81. The van der Waals surface area contributed by atoms with Crippen LogP contribution in [-0.2, 0) is 11.3 Å². The Balaban J connectivity index is 1.62. The van der Waals surface area contributed by atoms with Gasteiger partial charge in [0.1, 0.15) is 5.75 Å². The average Bonchev–Trinajstić information content (AvgIpc) is 3.19. The lowest BCUT2D eigenvalue weighted by Crippen LogP contribution is -2.34. The van der Waals surface area contributed by atoms with E-state index >= 15 is 0 Å². The summed E-state index contributed by atoms with van der Waals surface area (Å²) in [5.74, 6) is 0.312. The number of thiazole rings is 1. The zero-order valence-electron chi connectivity index (χ0n) is 16.6. The van der Waals surface area contributed by atoms with E-state index in [4.69, 9.17) is 4.74 Å². The number of carbonyl (C=O) groups is 1. The maximum atomic E-state index is 13.1. The van der Waals surface area contributed by atoms with E-state index in [1.165, 1.54) is 28.4 Å². The molecule has 0 spiro atoms. The lowest BCUT2D eigenvalue weighted by molar-refractivity contribution is -0.384. The number of aryl methyl sites for hydroxylation is 1. The zero-order valence-corrected chi connectivity index (χ0v) is 17.4. The summed E-state index contributed by atoms with van der Waals surface area (Å²) < 4.78 is 6.32. The summed E-state index contributed by atoms with van der Waals surface area (Å²) in [6.07, 6.45) is 1.66. The van der Waals surface area contributed by atoms with Gasteiger partial charge in [0, 0.05) is 18.3 Å². The Bertz CT molecular complexity index is 1240. The molecular weight excluding hydrogens is 416 g/mol. The summed E-state index contributed by atoms with van der Waals surface area (Å²) in [5.41, 5.74) is 2.29. The number of fused-ring (bicyclic) bond motifs is 1. The molecule has 2 aromatic carbocycles. The van der Waals surface area contributed by atoms with Crippen molar-refractivity contribution in [3.05, 3.63) is 88.2 Å². The molecule has 2 aromatic heterocycles. The number of rotatable bonds is 7. The van der Waals surface area contributed by atoms with Crippen molar-refractivity contribution in [1.29, 1.82) is 0 Å². The molecule has 4 rings (SSSR count). The Morgan fingerprint density at radius 3 is 2.77 bits per heavy atom. The molecule has 0 N–H and O–H groups in total. The summed E-state index contributed by atoms with van der Waals surface area (Å²) in [6.45, 7) is 1.98. The van der Waals surface area contributed by atoms with E-state index in [9.17, 15) is 14.9 Å². The highest BCUT2D eigenvalue weighted by Gasteiger charge is 2.22. The second-order valence-corrected chi connectivity index (χ2v) is 7.82. The molecule has 0 fully saturated rings. The van der Waals surface area contributed by atoms with Gasteiger partial charge in [0.05, 0.1) is 27.4 Å². The highest BCUT2D eigenvalue weighted by Crippen LogP contribution is 2.32. The van der Waals surface area contributed by atoms with E-state index in [0.29, 0.717) is 26.8 Å². The number of nitro groups is 1. The van der Waals surface area contributed by atoms with Gasteiger partial charge < -0.3 is 4.74 Å². The fourth-order valence-corrected chi connectivity index (χ4v) is 3.99. The summed E-state index contributed by atoms with van der Waals surface area (Å²) in [5, 5.41) is 11.5. The van der Waals surface area contributed by atoms with E-state index < -0.39 is 4.92 Å². The number of carbonyl (C=O) groups excluding carboxylic acids is 1. The Morgan fingerprint density at radius 2 is 2.03 bits per heavy atom. The van der Waals surface area contributed by atoms with Crippen LogP contribution in [0.1, 0.15) is 11.3 Å². The van der Waals surface area contributed by atoms with Crippen molar-refractivity contribution in [2.45, 2.75) is 13.5 Å². The van der Waals surface area contributed by atoms with Crippen LogP contribution in [0.2, 0.25) is 0 Å². The number of anilines is 1. The summed E-state index contributed by atoms with van der Waals surface area (Å²) in [4.78, 5) is 34.0. The quantitative estimate of drug-likeness (QED) is 0.313. The highest BCUT2D eigenvalue weighted by atomic mass is 32.1. The number of ether oxygens (including phenoxy) is 1. The lowest BCUT2D eigenvalue weighted by Gasteiger charge is -2.19. The largest absolute Gasteiger partial charge is 0.484 e. The highest BCUT2D eigenvalue weighted by molar-refractivity contribution is 7.22. The second kappa shape index (κ2) is 8.88. The Labute approximate surface area is 181 Å². The predicted octanol–water partition coefficient (Wildman–Crippen LogP) is 4.52. The van der Waals surface area contributed by atoms with Gasteiger partial charge in [-0.15, -0.1) is 0 Å². The number of amides is 1. The predicted molar refractivity (Wildman–Crippen MR) is 118 cm³/mol. The number of benzene rings is 2. The van der Waals surface area contributed by atoms with Gasteiger partial charge in [-0.1, -0.05) is 29.5 Å². The van der Waals surface area contributed by atoms with Gasteiger partial charge in [-0.25, -0.2) is 4.98 Å². The SMILES string of the molecule is Cc1cccc(OCC(=O)N(Cc2ccccn2)c2nc3ccc([N+](=O)[O-])cc3s2)c1. The first-order valence-corrected chi connectivity index (χ1v) is 10.3. The fraction of sp³-hybridized carbons (Fsp3) is 0.136. The lowest BCUT2D eigenvalue weighted by atomic mass is 10.2. The molecule has 31 heavy (non-hydrogen) atoms. The summed E-state index contributed by atoms with van der Waals surface area (Å²) in [6, 6.07) is 17.4. The first-order chi connectivity index (χ1) is 15.0. The fourth-order valence-electron chi connectivity index (χ4n) is 2.97. The number of hydrogen-bond acceptors (Lipinski definition) is 7. The number of nitrogens with zero attached hydrogens (tertiary/aromatic N) is 4. The van der Waals surface area contributed by atoms with E-state index in [2.05, 4.69) is 9.97 Å². The Kier molecular flexibility index (Phi) is 5.85. The third kappa shape index (κ3) is 4.84. The van der Waals surface area contributed by atoms with Gasteiger partial charge in [-0.2, -0.15) is 0 Å². The van der Waals surface area contributed by atoms with Gasteiger partial charge in [0.25, 0.3) is 11.6 Å². The topological polar surface area (TPSA) is 98.5 Å². The zero-order chi connectivity index (χ0) is 21.8. The minimum atomic E-state index is -0.453. The molecule has 0 atom stereocenters. The normalized spacial score (nSPS) is 10.7. The molecule has 0 aliphatic carbocycles. The first kappa shape index (κ1) is 20.4. The van der Waals surface area contributed by atoms with Crippen molar-refractivity contribution < 1.29 is 14.5 Å². The van der Waals surface area contributed by atoms with Crippen molar-refractivity contribution in [2.75, 3.05) is 11.5 Å². The van der Waals surface area contributed by atoms with Crippen LogP contribution in [0, 0.1) is 17.0 Å². The van der Waals surface area contributed by atoms with Gasteiger partial charge in [0.15, 0.2) is 11.7 Å². The van der Waals surface area contributed by atoms with Gasteiger partial charge >= 0.3 is 0 Å². The molecule has 0 radical (unpaired) electrons. The van der Waals surface area contributed by atoms with Crippen molar-refractivity contribution in [3.8, 4) is 5.75 Å². The summed E-state index contributed by atoms with van der Waals surface area (Å²) >= 11 is 1.21. The van der Waals surface area contributed by atoms with E-state index in [0.717, 1.165) is 5.56 Å². The minimum absolute atomic E-state index is 0.0203. The molecule has 2 heterocycles. The van der Waals surface area contributed by atoms with Gasteiger partial charge in [-0.05, 0) is 42.8 Å². The molecular formula is C22H18N4O4S. The molecule has 0 saturated heterocycles. The maximum absolute atomic E-state index is 13.1. The molecule has 0 aliphatic heterocycles. The minimum Gasteiger partial charge on any atom is -0.484 e. The standard InChI is InChI=1S/C22H18N4O4S/c1-15-5-4-7-18(11-15)30-14-21(27)25(13-16-6-2-3-10-23-16)22-24-19-9-8-17(26(28)29)12-20(19)31-22/h2-12H,13-14H2,1H3. The van der Waals surface area contributed by atoms with E-state index in [1.807, 2.05) is 37.3 Å². The molecule has 9 heteroatoms. The third-order valence-electron chi connectivity index (χ3n) is 4.50. The molecule has 1 amide bonds. The Morgan fingerprint density at radius 1 is 1.16 bits per heavy atom. The molecule has 0 aliphatic rings. The van der Waals surface area contributed by atoms with Crippen LogP contribution >= 0.6 is 11.3 Å². The smallest absolute Gasteiger partial charge is 0.270 e. The van der Waals surface area contributed by atoms with Crippen LogP contribution in [0.5, 0.6) is 5.75 Å². The van der Waals surface area contributed by atoms with Crippen molar-refractivity contribution in [3.63, 3.8) is 0 Å². The van der Waals surface area contributed by atoms with Crippen molar-refractivity contribution in [2.24, 2.45) is 0 Å². The van der Waals surface area contributed by atoms with Crippen LogP contribution in [-0.4, -0.2) is 27.4 Å². The van der Waals surface area contributed by atoms with Crippen LogP contribution in [0.15, 0.2) is 66.9 Å². The number of hydrogen-bond donors (Lipinski definition) is 0. The van der Waals surface area contributed by atoms with Crippen LogP contribution in [0.25, 0.3) is 10.2 Å². The van der Waals surface area contributed by atoms with E-state index in [-0.39, 0.29) is 24.7 Å². The van der Waals surface area contributed by atoms with Crippen molar-refractivity contribution in [1.82, 2.24) is 9.97 Å². The molecule has 8 nitrogen and oxygen atoms in total. The van der Waals surface area contributed by atoms with Crippen molar-refractivity contribution >= 4 is 38.3 Å². The van der Waals surface area contributed by atoms with Gasteiger partial charge in [-0.3, -0.25) is 24.8 Å². The molecule has 156 valence electrons.